The molecule has 0 amide bonds. The lowest BCUT2D eigenvalue weighted by Gasteiger charge is -2.11. The zero-order valence-electron chi connectivity index (χ0n) is 13.7. The van der Waals surface area contributed by atoms with Crippen LogP contribution in [0, 0.1) is 20.2 Å². The molecule has 0 aliphatic carbocycles. The zero-order chi connectivity index (χ0) is 19.2. The third-order valence-electron chi connectivity index (χ3n) is 3.42. The van der Waals surface area contributed by atoms with Crippen LogP contribution in [-0.4, -0.2) is 19.8 Å². The predicted octanol–water partition coefficient (Wildman–Crippen LogP) is 2.94. The quantitative estimate of drug-likeness (QED) is 0.396. The Morgan fingerprint density at radius 2 is 1.70 bits per heavy atom. The first-order chi connectivity index (χ1) is 13.0. The maximum atomic E-state index is 11.5. The second kappa shape index (κ2) is 7.77. The van der Waals surface area contributed by atoms with Crippen LogP contribution >= 0.6 is 0 Å². The van der Waals surface area contributed by atoms with Crippen molar-refractivity contribution in [3.8, 4) is 0 Å². The standard InChI is InChI=1S/C15H13N7O5/c23-21(24)11-5-3-10(4-6-11)19-20-15-13(22(25)26)14(17-9-18-15)16-8-12-2-1-7-27-12/h1-7,9,19H,8H2,(H2,16,17,18,20). The first-order valence-corrected chi connectivity index (χ1v) is 7.56. The Morgan fingerprint density at radius 1 is 0.963 bits per heavy atom. The summed E-state index contributed by atoms with van der Waals surface area (Å²) in [5.74, 6) is 0.524. The van der Waals surface area contributed by atoms with Gasteiger partial charge in [0.1, 0.15) is 12.1 Å². The fourth-order valence-corrected chi connectivity index (χ4v) is 2.15. The second-order valence-electron chi connectivity index (χ2n) is 5.16. The molecule has 0 unspecified atom stereocenters. The molecule has 0 saturated carbocycles. The van der Waals surface area contributed by atoms with Crippen LogP contribution in [0.15, 0.2) is 53.4 Å². The van der Waals surface area contributed by atoms with Crippen molar-refractivity contribution in [2.45, 2.75) is 6.54 Å². The molecule has 0 atom stereocenters. The molecule has 1 aromatic carbocycles. The van der Waals surface area contributed by atoms with Gasteiger partial charge in [0, 0.05) is 12.1 Å². The second-order valence-corrected chi connectivity index (χ2v) is 5.16. The minimum atomic E-state index is -0.621. The van der Waals surface area contributed by atoms with Crippen molar-refractivity contribution >= 4 is 28.7 Å². The molecule has 0 aliphatic heterocycles. The van der Waals surface area contributed by atoms with Crippen LogP contribution in [0.25, 0.3) is 0 Å². The fraction of sp³-hybridized carbons (Fsp3) is 0.0667. The molecule has 0 bridgehead atoms. The van der Waals surface area contributed by atoms with Crippen molar-refractivity contribution in [1.82, 2.24) is 9.97 Å². The predicted molar refractivity (Wildman–Crippen MR) is 95.1 cm³/mol. The molecule has 27 heavy (non-hydrogen) atoms. The van der Waals surface area contributed by atoms with Crippen molar-refractivity contribution in [3.63, 3.8) is 0 Å². The molecule has 0 radical (unpaired) electrons. The highest BCUT2D eigenvalue weighted by Crippen LogP contribution is 2.29. The topological polar surface area (TPSA) is 161 Å². The zero-order valence-corrected chi connectivity index (χ0v) is 13.7. The highest BCUT2D eigenvalue weighted by molar-refractivity contribution is 5.70. The summed E-state index contributed by atoms with van der Waals surface area (Å²) in [7, 11) is 0. The number of aromatic nitrogens is 2. The molecule has 3 rings (SSSR count). The van der Waals surface area contributed by atoms with E-state index in [0.29, 0.717) is 11.4 Å². The molecule has 3 aromatic rings. The summed E-state index contributed by atoms with van der Waals surface area (Å²) in [6, 6.07) is 8.92. The van der Waals surface area contributed by atoms with Gasteiger partial charge in [0.2, 0.25) is 11.6 Å². The number of furan rings is 1. The molecule has 3 N–H and O–H groups in total. The number of nitro groups is 2. The number of rotatable bonds is 8. The van der Waals surface area contributed by atoms with Crippen LogP contribution in [0.1, 0.15) is 5.76 Å². The molecule has 0 fully saturated rings. The Kier molecular flexibility index (Phi) is 5.07. The lowest BCUT2D eigenvalue weighted by atomic mass is 10.3. The van der Waals surface area contributed by atoms with Gasteiger partial charge in [0.25, 0.3) is 5.69 Å². The van der Waals surface area contributed by atoms with Gasteiger partial charge >= 0.3 is 5.69 Å². The summed E-state index contributed by atoms with van der Waals surface area (Å²) in [6.07, 6.45) is 2.66. The molecule has 2 heterocycles. The Hall–Kier alpha value is -4.22. The maximum absolute atomic E-state index is 11.5. The summed E-state index contributed by atoms with van der Waals surface area (Å²) in [5.41, 5.74) is 5.35. The van der Waals surface area contributed by atoms with E-state index in [1.165, 1.54) is 30.5 Å². The van der Waals surface area contributed by atoms with E-state index in [1.807, 2.05) is 0 Å². The van der Waals surface area contributed by atoms with E-state index in [0.717, 1.165) is 6.33 Å². The van der Waals surface area contributed by atoms with Crippen LogP contribution < -0.4 is 16.2 Å². The minimum Gasteiger partial charge on any atom is -0.467 e. The van der Waals surface area contributed by atoms with Crippen LogP contribution in [0.2, 0.25) is 0 Å². The van der Waals surface area contributed by atoms with Crippen LogP contribution in [-0.2, 0) is 6.54 Å². The van der Waals surface area contributed by atoms with Gasteiger partial charge in [-0.15, -0.1) is 0 Å². The minimum absolute atomic E-state index is 0.0133. The van der Waals surface area contributed by atoms with Crippen LogP contribution in [0.4, 0.5) is 28.7 Å². The van der Waals surface area contributed by atoms with Gasteiger partial charge in [-0.1, -0.05) is 0 Å². The fourth-order valence-electron chi connectivity index (χ4n) is 2.15. The van der Waals surface area contributed by atoms with Crippen molar-refractivity contribution in [2.75, 3.05) is 16.2 Å². The van der Waals surface area contributed by atoms with Crippen LogP contribution in [0.3, 0.4) is 0 Å². The maximum Gasteiger partial charge on any atom is 0.354 e. The summed E-state index contributed by atoms with van der Waals surface area (Å²) >= 11 is 0. The molecular weight excluding hydrogens is 358 g/mol. The largest absolute Gasteiger partial charge is 0.467 e. The normalized spacial score (nSPS) is 10.2. The summed E-state index contributed by atoms with van der Waals surface area (Å²) < 4.78 is 5.17. The number of nitrogens with one attached hydrogen (secondary N) is 3. The number of anilines is 3. The smallest absolute Gasteiger partial charge is 0.354 e. The monoisotopic (exact) mass is 371 g/mol. The molecule has 12 nitrogen and oxygen atoms in total. The average molecular weight is 371 g/mol. The third-order valence-corrected chi connectivity index (χ3v) is 3.42. The third kappa shape index (κ3) is 4.25. The van der Waals surface area contributed by atoms with Crippen molar-refractivity contribution in [3.05, 3.63) is 75.0 Å². The van der Waals surface area contributed by atoms with E-state index in [4.69, 9.17) is 4.42 Å². The van der Waals surface area contributed by atoms with E-state index < -0.39 is 9.85 Å². The van der Waals surface area contributed by atoms with Crippen LogP contribution in [0.5, 0.6) is 0 Å². The molecule has 138 valence electrons. The van der Waals surface area contributed by atoms with Crippen molar-refractivity contribution < 1.29 is 14.3 Å². The number of nitrogens with zero attached hydrogens (tertiary/aromatic N) is 4. The van der Waals surface area contributed by atoms with Gasteiger partial charge in [-0.25, -0.2) is 9.97 Å². The number of benzene rings is 1. The Labute approximate surface area is 151 Å². The lowest BCUT2D eigenvalue weighted by molar-refractivity contribution is -0.384. The van der Waals surface area contributed by atoms with Crippen molar-refractivity contribution in [2.24, 2.45) is 0 Å². The summed E-state index contributed by atoms with van der Waals surface area (Å²) in [6.45, 7) is 0.208. The van der Waals surface area contributed by atoms with Gasteiger partial charge in [-0.05, 0) is 24.3 Å². The van der Waals surface area contributed by atoms with E-state index in [9.17, 15) is 20.2 Å². The first kappa shape index (κ1) is 17.6. The van der Waals surface area contributed by atoms with Gasteiger partial charge in [0.15, 0.2) is 0 Å². The van der Waals surface area contributed by atoms with E-state index in [-0.39, 0.29) is 29.6 Å². The Bertz CT molecular complexity index is 944. The van der Waals surface area contributed by atoms with Crippen molar-refractivity contribution in [1.29, 1.82) is 0 Å². The SMILES string of the molecule is O=[N+]([O-])c1ccc(NNc2ncnc(NCc3ccco3)c2[N+](=O)[O-])cc1. The first-order valence-electron chi connectivity index (χ1n) is 7.56. The number of nitro benzene ring substituents is 1. The lowest BCUT2D eigenvalue weighted by Crippen LogP contribution is -2.14. The molecule has 2 aromatic heterocycles. The summed E-state index contributed by atoms with van der Waals surface area (Å²) in [4.78, 5) is 28.7. The Morgan fingerprint density at radius 3 is 2.33 bits per heavy atom. The van der Waals surface area contributed by atoms with Gasteiger partial charge < -0.3 is 9.73 Å². The van der Waals surface area contributed by atoms with E-state index in [1.54, 1.807) is 12.1 Å². The highest BCUT2D eigenvalue weighted by atomic mass is 16.6. The number of hydrazine groups is 1. The summed E-state index contributed by atoms with van der Waals surface area (Å²) in [5, 5.41) is 24.9. The molecule has 0 saturated heterocycles. The van der Waals surface area contributed by atoms with Gasteiger partial charge in [0.05, 0.1) is 28.3 Å². The average Bonchev–Trinajstić information content (AvgIpc) is 3.18. The van der Waals surface area contributed by atoms with Gasteiger partial charge in [-0.2, -0.15) is 0 Å². The highest BCUT2D eigenvalue weighted by Gasteiger charge is 2.23. The molecule has 0 spiro atoms. The molecular formula is C15H13N7O5. The number of hydrogen-bond acceptors (Lipinski definition) is 10. The van der Waals surface area contributed by atoms with E-state index in [2.05, 4.69) is 26.1 Å². The molecule has 0 aliphatic rings. The van der Waals surface area contributed by atoms with E-state index >= 15 is 0 Å². The van der Waals surface area contributed by atoms with Gasteiger partial charge in [-0.3, -0.25) is 31.1 Å². The number of hydrogen-bond donors (Lipinski definition) is 3. The Balaban J connectivity index is 1.75. The number of non-ortho nitro benzene ring substituents is 1. The molecule has 12 heteroatoms.